The lowest BCUT2D eigenvalue weighted by Crippen LogP contribution is -2.59. The van der Waals surface area contributed by atoms with E-state index in [-0.39, 0.29) is 43.8 Å². The maximum Gasteiger partial charge on any atom is 0.245 e. The lowest BCUT2D eigenvalue weighted by Gasteiger charge is -2.26. The first kappa shape index (κ1) is 71.8. The Hall–Kier alpha value is -8.49. The highest BCUT2D eigenvalue weighted by Crippen LogP contribution is 2.14. The number of hydrogen-bond acceptors (Lipinski definition) is 15. The van der Waals surface area contributed by atoms with E-state index in [2.05, 4.69) is 58.5 Å². The second-order valence-corrected chi connectivity index (χ2v) is 20.9. The normalized spacial score (nSPS) is 14.0. The Balaban J connectivity index is 1.68. The standard InChI is InChI=1S/C60H88N12O14/c1-6-9-14-25-44(56(82)68-42(23-10-7-2)53(79)62-5)66-51(78)35-65-54(80)43(24-11-8-3)69-59(85)48(36-73)67-50(77)34-63-49(76)33-64-55(81)45(32-40-26-28-41(75)29-27-40)70-57(83)46(30-38-19-15-12-16-20-38)71-58(84)47(31-39-21-17-13-18-22-39)72-60(86)52(61)37(4)74/h12-13,15-22,26-29,37,42-48,52,73-75H,6-11,14,23-25,30-36,61H2,1-5H3,(H,62,79)(H,63,76)(H,64,81)(H,65,80)(H,66,78)(H,67,77)(H,68,82)(H,69,85)(H,70,83)(H,71,84)(H,72,86). The van der Waals surface area contributed by atoms with Crippen LogP contribution in [0.5, 0.6) is 5.75 Å². The van der Waals surface area contributed by atoms with Crippen LogP contribution >= 0.6 is 0 Å². The Morgan fingerprint density at radius 1 is 0.419 bits per heavy atom. The average molecular weight is 1200 g/mol. The molecule has 0 radical (unpaired) electrons. The third-order valence-electron chi connectivity index (χ3n) is 13.7. The number of hydrogen-bond donors (Lipinski definition) is 15. The summed E-state index contributed by atoms with van der Waals surface area (Å²) >= 11 is 0. The number of aliphatic hydroxyl groups is 2. The smallest absolute Gasteiger partial charge is 0.245 e. The number of rotatable bonds is 39. The van der Waals surface area contributed by atoms with Crippen molar-refractivity contribution in [3.05, 3.63) is 102 Å². The van der Waals surface area contributed by atoms with Crippen LogP contribution in [0.15, 0.2) is 84.9 Å². The minimum absolute atomic E-state index is 0.0300. The number of nitrogens with two attached hydrogens (primary N) is 1. The number of phenolic OH excluding ortho intramolecular Hbond substituents is 1. The molecule has 0 saturated heterocycles. The van der Waals surface area contributed by atoms with Crippen LogP contribution in [0.25, 0.3) is 0 Å². The average Bonchev–Trinajstić information content (AvgIpc) is 3.52. The minimum Gasteiger partial charge on any atom is -0.508 e. The maximum atomic E-state index is 14.4. The molecule has 26 heteroatoms. The Bertz CT molecular complexity index is 2670. The van der Waals surface area contributed by atoms with Gasteiger partial charge in [0.25, 0.3) is 0 Å². The molecule has 16 N–H and O–H groups in total. The Morgan fingerprint density at radius 2 is 0.779 bits per heavy atom. The van der Waals surface area contributed by atoms with Crippen molar-refractivity contribution < 1.29 is 68.1 Å². The predicted molar refractivity (Wildman–Crippen MR) is 319 cm³/mol. The number of benzene rings is 3. The number of carbonyl (C=O) groups excluding carboxylic acids is 11. The van der Waals surface area contributed by atoms with Gasteiger partial charge in [-0.2, -0.15) is 0 Å². The first-order valence-corrected chi connectivity index (χ1v) is 29.2. The van der Waals surface area contributed by atoms with Gasteiger partial charge >= 0.3 is 0 Å². The number of aromatic hydroxyl groups is 1. The maximum absolute atomic E-state index is 14.4. The lowest BCUT2D eigenvalue weighted by molar-refractivity contribution is -0.134. The summed E-state index contributed by atoms with van der Waals surface area (Å²) in [6, 6.07) is 13.0. The van der Waals surface area contributed by atoms with E-state index in [4.69, 9.17) is 5.73 Å². The third-order valence-corrected chi connectivity index (χ3v) is 13.7. The highest BCUT2D eigenvalue weighted by Gasteiger charge is 2.33. The van der Waals surface area contributed by atoms with Gasteiger partial charge in [-0.05, 0) is 55.0 Å². The summed E-state index contributed by atoms with van der Waals surface area (Å²) < 4.78 is 0. The van der Waals surface area contributed by atoms with Gasteiger partial charge in [0, 0.05) is 26.3 Å². The number of phenols is 1. The van der Waals surface area contributed by atoms with Crippen molar-refractivity contribution in [2.75, 3.05) is 33.3 Å². The van der Waals surface area contributed by atoms with E-state index in [1.807, 2.05) is 20.8 Å². The van der Waals surface area contributed by atoms with Crippen LogP contribution in [0, 0.1) is 0 Å². The number of nitrogens with one attached hydrogen (secondary N) is 11. The monoisotopic (exact) mass is 1200 g/mol. The molecule has 86 heavy (non-hydrogen) atoms. The summed E-state index contributed by atoms with van der Waals surface area (Å²) in [5, 5.41) is 57.9. The molecule has 0 fully saturated rings. The highest BCUT2D eigenvalue weighted by molar-refractivity contribution is 5.98. The van der Waals surface area contributed by atoms with Gasteiger partial charge in [0.05, 0.1) is 32.3 Å². The molecule has 0 saturated carbocycles. The fourth-order valence-corrected chi connectivity index (χ4v) is 8.67. The molecule has 0 aliphatic rings. The summed E-state index contributed by atoms with van der Waals surface area (Å²) in [6.45, 7) is 4.11. The fourth-order valence-electron chi connectivity index (χ4n) is 8.67. The molecule has 0 heterocycles. The lowest BCUT2D eigenvalue weighted by atomic mass is 10.0. The van der Waals surface area contributed by atoms with Crippen LogP contribution in [-0.2, 0) is 72.0 Å². The van der Waals surface area contributed by atoms with Gasteiger partial charge in [-0.25, -0.2) is 0 Å². The Labute approximate surface area is 501 Å². The SMILES string of the molecule is CCCCCC(NC(=O)CNC(=O)C(CCCC)NC(=O)C(CO)NC(=O)CNC(=O)CNC(=O)C(Cc1ccc(O)cc1)NC(=O)C(Cc1ccccc1)NC(=O)C(Cc1ccccc1)NC(=O)C(N)C(C)O)C(=O)NC(CCCC)C(=O)NC. The van der Waals surface area contributed by atoms with Crippen LogP contribution in [0.2, 0.25) is 0 Å². The number of likely N-dealkylation sites (N-methyl/N-ethyl adjacent to an activating group) is 1. The van der Waals surface area contributed by atoms with E-state index >= 15 is 0 Å². The predicted octanol–water partition coefficient (Wildman–Crippen LogP) is -1.43. The van der Waals surface area contributed by atoms with Gasteiger partial charge in [0.2, 0.25) is 65.0 Å². The molecule has 0 aromatic heterocycles. The summed E-state index contributed by atoms with van der Waals surface area (Å²) in [7, 11) is 1.46. The van der Waals surface area contributed by atoms with E-state index in [9.17, 15) is 68.1 Å². The molecule has 9 unspecified atom stereocenters. The summed E-state index contributed by atoms with van der Waals surface area (Å²) in [4.78, 5) is 148. The molecule has 0 aliphatic heterocycles. The van der Waals surface area contributed by atoms with Gasteiger partial charge in [0.1, 0.15) is 54.1 Å². The van der Waals surface area contributed by atoms with Crippen molar-refractivity contribution >= 4 is 65.0 Å². The molecule has 3 rings (SSSR count). The van der Waals surface area contributed by atoms with Crippen molar-refractivity contribution in [3.8, 4) is 5.75 Å². The van der Waals surface area contributed by atoms with Crippen LogP contribution in [0.4, 0.5) is 0 Å². The molecule has 9 atom stereocenters. The molecule has 3 aromatic carbocycles. The Kier molecular flexibility index (Phi) is 32.7. The molecular formula is C60H88N12O14. The number of aliphatic hydroxyl groups excluding tert-OH is 2. The second kappa shape index (κ2) is 39.2. The number of carbonyl (C=O) groups is 11. The Morgan fingerprint density at radius 3 is 1.24 bits per heavy atom. The zero-order valence-corrected chi connectivity index (χ0v) is 49.7. The zero-order valence-electron chi connectivity index (χ0n) is 49.7. The van der Waals surface area contributed by atoms with E-state index in [0.717, 1.165) is 19.3 Å². The van der Waals surface area contributed by atoms with Gasteiger partial charge < -0.3 is 79.5 Å². The van der Waals surface area contributed by atoms with Crippen molar-refractivity contribution in [1.29, 1.82) is 0 Å². The third kappa shape index (κ3) is 26.6. The quantitative estimate of drug-likeness (QED) is 0.0291. The molecule has 11 amide bonds. The van der Waals surface area contributed by atoms with Crippen molar-refractivity contribution in [3.63, 3.8) is 0 Å². The largest absolute Gasteiger partial charge is 0.508 e. The zero-order chi connectivity index (χ0) is 63.6. The van der Waals surface area contributed by atoms with E-state index in [0.29, 0.717) is 48.8 Å². The molecule has 0 aliphatic carbocycles. The second-order valence-electron chi connectivity index (χ2n) is 20.9. The van der Waals surface area contributed by atoms with Gasteiger partial charge in [0.15, 0.2) is 0 Å². The summed E-state index contributed by atoms with van der Waals surface area (Å²) in [5.74, 6) is -8.60. The molecule has 3 aromatic rings. The number of unbranched alkanes of at least 4 members (excludes halogenated alkanes) is 4. The number of amides is 11. The molecule has 472 valence electrons. The van der Waals surface area contributed by atoms with E-state index in [1.165, 1.54) is 38.2 Å². The van der Waals surface area contributed by atoms with E-state index in [1.54, 1.807) is 60.7 Å². The fraction of sp³-hybridized carbons (Fsp3) is 0.517. The first-order valence-electron chi connectivity index (χ1n) is 29.2. The van der Waals surface area contributed by atoms with E-state index < -0.39 is 140 Å². The van der Waals surface area contributed by atoms with Crippen molar-refractivity contribution in [2.24, 2.45) is 5.73 Å². The topological polar surface area (TPSA) is 407 Å². The van der Waals surface area contributed by atoms with Gasteiger partial charge in [-0.15, -0.1) is 0 Å². The van der Waals surface area contributed by atoms with Crippen molar-refractivity contribution in [1.82, 2.24) is 58.5 Å². The summed E-state index contributed by atoms with van der Waals surface area (Å²) in [5.41, 5.74) is 7.63. The van der Waals surface area contributed by atoms with Crippen LogP contribution < -0.4 is 64.2 Å². The van der Waals surface area contributed by atoms with Gasteiger partial charge in [-0.1, -0.05) is 139 Å². The highest BCUT2D eigenvalue weighted by atomic mass is 16.3. The van der Waals surface area contributed by atoms with Crippen LogP contribution in [0.1, 0.15) is 109 Å². The first-order chi connectivity index (χ1) is 41.1. The van der Waals surface area contributed by atoms with Crippen LogP contribution in [0.3, 0.4) is 0 Å². The summed E-state index contributed by atoms with van der Waals surface area (Å²) in [6.07, 6.45) is 3.97. The van der Waals surface area contributed by atoms with Crippen molar-refractivity contribution in [2.45, 2.75) is 166 Å². The molecule has 26 nitrogen and oxygen atoms in total. The molecule has 0 spiro atoms. The van der Waals surface area contributed by atoms with Crippen LogP contribution in [-0.4, -0.2) is 168 Å². The minimum atomic E-state index is -1.61. The van der Waals surface area contributed by atoms with Gasteiger partial charge in [-0.3, -0.25) is 52.7 Å². The molecule has 0 bridgehead atoms. The molecular weight excluding hydrogens is 1110 g/mol.